The van der Waals surface area contributed by atoms with Gasteiger partial charge in [-0.25, -0.2) is 0 Å². The fraction of sp³-hybridized carbons (Fsp3) is 0.389. The van der Waals surface area contributed by atoms with Crippen LogP contribution in [0.15, 0.2) is 42.5 Å². The Morgan fingerprint density at radius 1 is 0.905 bits per heavy atom. The maximum Gasteiger partial charge on any atom is 0.244 e. The highest BCUT2D eigenvalue weighted by Crippen LogP contribution is 2.28. The van der Waals surface area contributed by atoms with Crippen molar-refractivity contribution < 1.29 is 4.79 Å². The van der Waals surface area contributed by atoms with Gasteiger partial charge in [-0.3, -0.25) is 9.69 Å². The number of rotatable bonds is 1. The van der Waals surface area contributed by atoms with E-state index < -0.39 is 0 Å². The highest BCUT2D eigenvalue weighted by Gasteiger charge is 2.36. The molecule has 2 aromatic carbocycles. The second-order valence-electron chi connectivity index (χ2n) is 6.07. The smallest absolute Gasteiger partial charge is 0.244 e. The quantitative estimate of drug-likeness (QED) is 0.801. The summed E-state index contributed by atoms with van der Waals surface area (Å²) in [5, 5.41) is 2.43. The average molecular weight is 280 g/mol. The summed E-state index contributed by atoms with van der Waals surface area (Å²) in [5.74, 6) is 0.292. The van der Waals surface area contributed by atoms with Crippen molar-refractivity contribution in [3.05, 3.63) is 42.5 Å². The van der Waals surface area contributed by atoms with Crippen molar-refractivity contribution in [2.75, 3.05) is 24.5 Å². The van der Waals surface area contributed by atoms with Gasteiger partial charge >= 0.3 is 0 Å². The third-order valence-corrected chi connectivity index (χ3v) is 4.79. The molecule has 1 amide bonds. The molecule has 2 saturated heterocycles. The highest BCUT2D eigenvalue weighted by molar-refractivity contribution is 5.99. The van der Waals surface area contributed by atoms with Crippen LogP contribution < -0.4 is 4.90 Å². The zero-order chi connectivity index (χ0) is 14.2. The van der Waals surface area contributed by atoms with E-state index in [1.54, 1.807) is 0 Å². The zero-order valence-electron chi connectivity index (χ0n) is 12.2. The molecule has 2 heterocycles. The van der Waals surface area contributed by atoms with Crippen molar-refractivity contribution in [2.45, 2.75) is 25.3 Å². The Morgan fingerprint density at radius 3 is 2.62 bits per heavy atom. The number of carbonyl (C=O) groups is 1. The van der Waals surface area contributed by atoms with Crippen LogP contribution in [0.2, 0.25) is 0 Å². The Labute approximate surface area is 125 Å². The van der Waals surface area contributed by atoms with Gasteiger partial charge in [-0.05, 0) is 48.7 Å². The fourth-order valence-electron chi connectivity index (χ4n) is 3.70. The molecule has 2 fully saturated rings. The number of hydrogen-bond acceptors (Lipinski definition) is 2. The molecule has 3 nitrogen and oxygen atoms in total. The molecule has 1 atom stereocenters. The number of amides is 1. The number of hydrogen-bond donors (Lipinski definition) is 0. The van der Waals surface area contributed by atoms with Crippen LogP contribution in [0, 0.1) is 0 Å². The van der Waals surface area contributed by atoms with Crippen molar-refractivity contribution in [3.63, 3.8) is 0 Å². The maximum absolute atomic E-state index is 12.8. The molecule has 108 valence electrons. The van der Waals surface area contributed by atoms with Crippen molar-refractivity contribution in [3.8, 4) is 0 Å². The first-order valence-corrected chi connectivity index (χ1v) is 7.87. The fourth-order valence-corrected chi connectivity index (χ4v) is 3.70. The summed E-state index contributed by atoms with van der Waals surface area (Å²) in [4.78, 5) is 17.2. The molecule has 0 N–H and O–H groups in total. The van der Waals surface area contributed by atoms with Crippen molar-refractivity contribution in [1.82, 2.24) is 4.90 Å². The molecule has 2 aromatic rings. The summed E-state index contributed by atoms with van der Waals surface area (Å²) in [7, 11) is 0. The van der Waals surface area contributed by atoms with E-state index in [1.165, 1.54) is 10.8 Å². The molecular formula is C18H20N2O. The van der Waals surface area contributed by atoms with E-state index in [9.17, 15) is 4.79 Å². The van der Waals surface area contributed by atoms with Gasteiger partial charge in [0.05, 0.1) is 6.04 Å². The number of carbonyl (C=O) groups excluding carboxylic acids is 1. The van der Waals surface area contributed by atoms with E-state index >= 15 is 0 Å². The van der Waals surface area contributed by atoms with E-state index in [4.69, 9.17) is 0 Å². The highest BCUT2D eigenvalue weighted by atomic mass is 16.2. The molecule has 21 heavy (non-hydrogen) atoms. The van der Waals surface area contributed by atoms with Crippen LogP contribution in [-0.2, 0) is 4.79 Å². The monoisotopic (exact) mass is 280 g/mol. The van der Waals surface area contributed by atoms with Gasteiger partial charge in [0.25, 0.3) is 0 Å². The van der Waals surface area contributed by atoms with Gasteiger partial charge < -0.3 is 4.90 Å². The van der Waals surface area contributed by atoms with Crippen LogP contribution in [0.4, 0.5) is 5.69 Å². The van der Waals surface area contributed by atoms with Crippen LogP contribution in [0.3, 0.4) is 0 Å². The van der Waals surface area contributed by atoms with E-state index in [0.29, 0.717) is 5.91 Å². The standard InChI is InChI=1S/C18H20N2O/c21-18-17-7-3-10-19(17)11-4-12-20(18)16-9-8-14-5-1-2-6-15(14)13-16/h1-2,5-6,8-9,13,17H,3-4,7,10-12H2. The van der Waals surface area contributed by atoms with Gasteiger partial charge in [-0.1, -0.05) is 30.3 Å². The molecule has 0 saturated carbocycles. The predicted molar refractivity (Wildman–Crippen MR) is 85.5 cm³/mol. The van der Waals surface area contributed by atoms with Gasteiger partial charge in [-0.15, -0.1) is 0 Å². The van der Waals surface area contributed by atoms with Crippen molar-refractivity contribution in [1.29, 1.82) is 0 Å². The molecule has 0 spiro atoms. The summed E-state index contributed by atoms with van der Waals surface area (Å²) in [6.45, 7) is 2.98. The molecule has 3 heteroatoms. The Hall–Kier alpha value is -1.87. The van der Waals surface area contributed by atoms with Crippen LogP contribution >= 0.6 is 0 Å². The van der Waals surface area contributed by atoms with Crippen molar-refractivity contribution in [2.24, 2.45) is 0 Å². The van der Waals surface area contributed by atoms with Gasteiger partial charge in [0, 0.05) is 18.8 Å². The normalized spacial score (nSPS) is 23.3. The first kappa shape index (κ1) is 12.8. The minimum Gasteiger partial charge on any atom is -0.311 e. The number of fused-ring (bicyclic) bond motifs is 2. The third kappa shape index (κ3) is 2.22. The van der Waals surface area contributed by atoms with Gasteiger partial charge in [0.15, 0.2) is 0 Å². The minimum absolute atomic E-state index is 0.110. The first-order valence-electron chi connectivity index (χ1n) is 7.87. The van der Waals surface area contributed by atoms with Crippen LogP contribution in [-0.4, -0.2) is 36.5 Å². The Balaban J connectivity index is 1.71. The van der Waals surface area contributed by atoms with E-state index in [0.717, 1.165) is 44.6 Å². The van der Waals surface area contributed by atoms with Crippen LogP contribution in [0.5, 0.6) is 0 Å². The lowest BCUT2D eigenvalue weighted by Gasteiger charge is -2.25. The SMILES string of the molecule is O=C1C2CCCN2CCCN1c1ccc2ccccc2c1. The molecule has 2 aliphatic rings. The summed E-state index contributed by atoms with van der Waals surface area (Å²) >= 11 is 0. The third-order valence-electron chi connectivity index (χ3n) is 4.79. The van der Waals surface area contributed by atoms with E-state index in [1.807, 2.05) is 4.90 Å². The largest absolute Gasteiger partial charge is 0.311 e. The van der Waals surface area contributed by atoms with E-state index in [-0.39, 0.29) is 6.04 Å². The Morgan fingerprint density at radius 2 is 1.71 bits per heavy atom. The molecule has 0 aliphatic carbocycles. The Bertz CT molecular complexity index is 682. The molecule has 0 bridgehead atoms. The van der Waals surface area contributed by atoms with Crippen molar-refractivity contribution >= 4 is 22.4 Å². The van der Waals surface area contributed by atoms with Crippen LogP contribution in [0.1, 0.15) is 19.3 Å². The second-order valence-corrected chi connectivity index (χ2v) is 6.07. The average Bonchev–Trinajstić information content (AvgIpc) is 2.93. The summed E-state index contributed by atoms with van der Waals surface area (Å²) in [5.41, 5.74) is 1.05. The lowest BCUT2D eigenvalue weighted by atomic mass is 10.1. The van der Waals surface area contributed by atoms with Gasteiger partial charge in [0.1, 0.15) is 0 Å². The van der Waals surface area contributed by atoms with E-state index in [2.05, 4.69) is 47.4 Å². The van der Waals surface area contributed by atoms with Gasteiger partial charge in [-0.2, -0.15) is 0 Å². The summed E-state index contributed by atoms with van der Waals surface area (Å²) < 4.78 is 0. The minimum atomic E-state index is 0.110. The number of benzene rings is 2. The molecule has 2 aliphatic heterocycles. The Kier molecular flexibility index (Phi) is 3.15. The van der Waals surface area contributed by atoms with Crippen LogP contribution in [0.25, 0.3) is 10.8 Å². The molecular weight excluding hydrogens is 260 g/mol. The molecule has 1 unspecified atom stereocenters. The molecule has 4 rings (SSSR count). The lowest BCUT2D eigenvalue weighted by molar-refractivity contribution is -0.122. The predicted octanol–water partition coefficient (Wildman–Crippen LogP) is 3.04. The number of nitrogens with zero attached hydrogens (tertiary/aromatic N) is 2. The summed E-state index contributed by atoms with van der Waals surface area (Å²) in [6, 6.07) is 14.8. The van der Waals surface area contributed by atoms with Gasteiger partial charge in [0.2, 0.25) is 5.91 Å². The number of anilines is 1. The second kappa shape index (κ2) is 5.15. The molecule has 0 aromatic heterocycles. The summed E-state index contributed by atoms with van der Waals surface area (Å²) in [6.07, 6.45) is 3.24. The lowest BCUT2D eigenvalue weighted by Crippen LogP contribution is -2.42. The first-order chi connectivity index (χ1) is 10.3. The molecule has 0 radical (unpaired) electrons. The topological polar surface area (TPSA) is 23.6 Å². The maximum atomic E-state index is 12.8. The zero-order valence-corrected chi connectivity index (χ0v) is 12.2.